The van der Waals surface area contributed by atoms with E-state index in [1.165, 1.54) is 102 Å². The second kappa shape index (κ2) is 15.8. The average molecular weight is 954 g/mol. The van der Waals surface area contributed by atoms with Crippen LogP contribution in [-0.2, 0) is 21.7 Å². The Labute approximate surface area is 433 Å². The summed E-state index contributed by atoms with van der Waals surface area (Å²) in [6, 6.07) is 63.0. The van der Waals surface area contributed by atoms with Gasteiger partial charge in [0.15, 0.2) is 0 Å². The molecule has 13 rings (SSSR count). The van der Waals surface area contributed by atoms with E-state index < -0.39 is 0 Å². The Kier molecular flexibility index (Phi) is 9.90. The fourth-order valence-corrected chi connectivity index (χ4v) is 13.6. The number of rotatable bonds is 4. The third-order valence-electron chi connectivity index (χ3n) is 17.8. The van der Waals surface area contributed by atoms with Crippen molar-refractivity contribution in [3.63, 3.8) is 0 Å². The van der Waals surface area contributed by atoms with Crippen LogP contribution in [0.5, 0.6) is 0 Å². The van der Waals surface area contributed by atoms with Gasteiger partial charge in [-0.1, -0.05) is 179 Å². The number of hydrogen-bond acceptors (Lipinski definition) is 4. The maximum Gasteiger partial charge on any atom is 0.252 e. The maximum absolute atomic E-state index is 6.74. The Bertz CT molecular complexity index is 3710. The van der Waals surface area contributed by atoms with Gasteiger partial charge in [0.2, 0.25) is 0 Å². The van der Waals surface area contributed by atoms with E-state index in [0.29, 0.717) is 0 Å². The van der Waals surface area contributed by atoms with Crippen LogP contribution in [-0.4, -0.2) is 12.3 Å². The summed E-state index contributed by atoms with van der Waals surface area (Å²) >= 11 is 0. The molecule has 2 unspecified atom stereocenters. The molecule has 2 atom stereocenters. The first kappa shape index (κ1) is 45.9. The van der Waals surface area contributed by atoms with Gasteiger partial charge in [-0.05, 0) is 153 Å². The van der Waals surface area contributed by atoms with Crippen molar-refractivity contribution in [3.05, 3.63) is 186 Å². The molecule has 0 spiro atoms. The normalized spacial score (nSPS) is 19.2. The first-order chi connectivity index (χ1) is 34.8. The van der Waals surface area contributed by atoms with Crippen molar-refractivity contribution in [1.82, 2.24) is 0 Å². The molecular weight excluding hydrogens is 886 g/mol. The first-order valence-corrected chi connectivity index (χ1v) is 26.9. The molecule has 1 fully saturated rings. The highest BCUT2D eigenvalue weighted by atomic mass is 16.3. The van der Waals surface area contributed by atoms with Crippen molar-refractivity contribution in [1.29, 1.82) is 0 Å². The van der Waals surface area contributed by atoms with Gasteiger partial charge in [-0.3, -0.25) is 0 Å². The van der Waals surface area contributed by atoms with Crippen LogP contribution in [0.3, 0.4) is 0 Å². The fourth-order valence-electron chi connectivity index (χ4n) is 13.6. The second-order valence-corrected chi connectivity index (χ2v) is 25.3. The highest BCUT2D eigenvalue weighted by Crippen LogP contribution is 2.62. The van der Waals surface area contributed by atoms with Crippen LogP contribution in [0.2, 0.25) is 0 Å². The Morgan fingerprint density at radius 1 is 0.452 bits per heavy atom. The van der Waals surface area contributed by atoms with Crippen molar-refractivity contribution >= 4 is 90.5 Å². The van der Waals surface area contributed by atoms with Crippen LogP contribution < -0.4 is 31.1 Å². The van der Waals surface area contributed by atoms with E-state index in [0.717, 1.165) is 40.5 Å². The fraction of sp³-hybridized carbons (Fsp3) is 0.294. The topological polar surface area (TPSA) is 22.9 Å². The number of para-hydroxylation sites is 1. The smallest absolute Gasteiger partial charge is 0.252 e. The molecule has 0 N–H and O–H groups in total. The van der Waals surface area contributed by atoms with E-state index in [1.807, 2.05) is 0 Å². The monoisotopic (exact) mass is 954 g/mol. The predicted octanol–water partition coefficient (Wildman–Crippen LogP) is 17.0. The molecule has 3 aliphatic heterocycles. The number of nitrogens with zero attached hydrogens (tertiary/aromatic N) is 3. The van der Waals surface area contributed by atoms with E-state index in [-0.39, 0.29) is 33.9 Å². The summed E-state index contributed by atoms with van der Waals surface area (Å²) in [6.07, 6.45) is 4.66. The van der Waals surface area contributed by atoms with Gasteiger partial charge in [-0.25, -0.2) is 0 Å². The molecule has 0 amide bonds. The highest BCUT2D eigenvalue weighted by Gasteiger charge is 2.58. The van der Waals surface area contributed by atoms with Gasteiger partial charge in [0.25, 0.3) is 6.71 Å². The minimum absolute atomic E-state index is 0.0273. The van der Waals surface area contributed by atoms with E-state index in [1.54, 1.807) is 0 Å². The van der Waals surface area contributed by atoms with Gasteiger partial charge in [-0.2, -0.15) is 0 Å². The van der Waals surface area contributed by atoms with Gasteiger partial charge in [0.05, 0.1) is 16.6 Å². The first-order valence-electron chi connectivity index (χ1n) is 26.9. The zero-order valence-electron chi connectivity index (χ0n) is 44.7. The average Bonchev–Trinajstić information content (AvgIpc) is 3.86. The molecule has 1 saturated carbocycles. The standard InChI is InChI=1S/C68H68BN3O/c1-64(2,3)45-23-19-24-48(38-45)70-56-39-46(65(4,5)6)30-32-52(56)69-53-33-31-47(66(7,8)9)40-57(53)71(55-26-20-28-61-62(55)50-25-15-16-27-60(50)73-61)59-42-49(41-58(70)63(59)69)72-54-34-29-44(43-21-13-12-14-22-43)37-51(54)67(10)35-17-18-36-68(67,72)11/h12-16,19-34,37-42H,17-18,35-36H2,1-11H3. The summed E-state index contributed by atoms with van der Waals surface area (Å²) in [4.78, 5) is 8.10. The summed E-state index contributed by atoms with van der Waals surface area (Å²) in [5.74, 6) is 0. The zero-order valence-corrected chi connectivity index (χ0v) is 44.7. The molecule has 9 aromatic rings. The summed E-state index contributed by atoms with van der Waals surface area (Å²) in [6.45, 7) is 26.2. The second-order valence-electron chi connectivity index (χ2n) is 25.3. The minimum atomic E-state index is -0.191. The molecule has 4 heterocycles. The molecule has 1 aromatic heterocycles. The Balaban J connectivity index is 1.18. The van der Waals surface area contributed by atoms with Crippen molar-refractivity contribution in [3.8, 4) is 11.1 Å². The third-order valence-corrected chi connectivity index (χ3v) is 17.8. The zero-order chi connectivity index (χ0) is 50.6. The quantitative estimate of drug-likeness (QED) is 0.164. The van der Waals surface area contributed by atoms with Crippen LogP contribution in [0.4, 0.5) is 45.5 Å². The Morgan fingerprint density at radius 3 is 1.75 bits per heavy atom. The van der Waals surface area contributed by atoms with Crippen molar-refractivity contribution in [2.24, 2.45) is 0 Å². The largest absolute Gasteiger partial charge is 0.456 e. The van der Waals surface area contributed by atoms with Crippen molar-refractivity contribution in [2.75, 3.05) is 14.7 Å². The van der Waals surface area contributed by atoms with Crippen LogP contribution in [0.15, 0.2) is 168 Å². The Hall–Kier alpha value is -6.98. The van der Waals surface area contributed by atoms with Crippen LogP contribution in [0.1, 0.15) is 124 Å². The lowest BCUT2D eigenvalue weighted by atomic mass is 9.33. The predicted molar refractivity (Wildman–Crippen MR) is 312 cm³/mol. The van der Waals surface area contributed by atoms with Gasteiger partial charge in [0, 0.05) is 50.6 Å². The SMILES string of the molecule is CC(C)(C)c1cccc(N2c3cc(C(C)(C)C)ccc3B3c4ccc(C(C)(C)C)cc4N(c4cccc5oc6ccccc6c45)c4cc(N5c6ccc(-c7ccccc7)cc6C6(C)CCCCC56C)cc2c43)c1. The maximum atomic E-state index is 6.74. The molecule has 364 valence electrons. The molecule has 0 saturated heterocycles. The summed E-state index contributed by atoms with van der Waals surface area (Å²) in [5, 5.41) is 2.26. The molecule has 73 heavy (non-hydrogen) atoms. The number of benzene rings is 8. The van der Waals surface area contributed by atoms with Gasteiger partial charge < -0.3 is 19.1 Å². The molecule has 1 aliphatic carbocycles. The van der Waals surface area contributed by atoms with E-state index in [9.17, 15) is 0 Å². The molecule has 4 nitrogen and oxygen atoms in total. The van der Waals surface area contributed by atoms with Gasteiger partial charge >= 0.3 is 0 Å². The minimum Gasteiger partial charge on any atom is -0.456 e. The van der Waals surface area contributed by atoms with Crippen molar-refractivity contribution < 1.29 is 4.42 Å². The molecule has 8 aromatic carbocycles. The lowest BCUT2D eigenvalue weighted by molar-refractivity contribution is 0.195. The van der Waals surface area contributed by atoms with Gasteiger partial charge in [0.1, 0.15) is 11.2 Å². The number of fused-ring (bicyclic) bond motifs is 10. The number of anilines is 8. The van der Waals surface area contributed by atoms with E-state index in [4.69, 9.17) is 4.42 Å². The molecule has 5 heteroatoms. The molecule has 0 bridgehead atoms. The van der Waals surface area contributed by atoms with Gasteiger partial charge in [-0.15, -0.1) is 0 Å². The van der Waals surface area contributed by atoms with Crippen LogP contribution in [0, 0.1) is 0 Å². The summed E-state index contributed by atoms with van der Waals surface area (Å²) in [7, 11) is 0. The number of hydrogen-bond donors (Lipinski definition) is 0. The van der Waals surface area contributed by atoms with E-state index in [2.05, 4.69) is 255 Å². The lowest BCUT2D eigenvalue weighted by Crippen LogP contribution is -2.61. The molecule has 0 radical (unpaired) electrons. The molecular formula is C68H68BN3O. The van der Waals surface area contributed by atoms with Crippen LogP contribution >= 0.6 is 0 Å². The van der Waals surface area contributed by atoms with Crippen LogP contribution in [0.25, 0.3) is 33.1 Å². The van der Waals surface area contributed by atoms with E-state index >= 15 is 0 Å². The summed E-state index contributed by atoms with van der Waals surface area (Å²) in [5.41, 5.74) is 23.1. The molecule has 4 aliphatic rings. The lowest BCUT2D eigenvalue weighted by Gasteiger charge is -2.51. The highest BCUT2D eigenvalue weighted by molar-refractivity contribution is 7.00. The summed E-state index contributed by atoms with van der Waals surface area (Å²) < 4.78 is 6.74. The third kappa shape index (κ3) is 6.79. The Morgan fingerprint density at radius 2 is 1.05 bits per heavy atom. The van der Waals surface area contributed by atoms with Crippen molar-refractivity contribution in [2.45, 2.75) is 129 Å². The number of furan rings is 1.